The van der Waals surface area contributed by atoms with Crippen LogP contribution in [-0.4, -0.2) is 35.7 Å². The number of hydrogen-bond acceptors (Lipinski definition) is 3. The summed E-state index contributed by atoms with van der Waals surface area (Å²) in [5.74, 6) is 0.873. The highest BCUT2D eigenvalue weighted by molar-refractivity contribution is 5.91. The molecule has 0 bridgehead atoms. The molecule has 0 aliphatic carbocycles. The van der Waals surface area contributed by atoms with Gasteiger partial charge in [-0.2, -0.15) is 0 Å². The van der Waals surface area contributed by atoms with Gasteiger partial charge in [-0.25, -0.2) is 0 Å². The van der Waals surface area contributed by atoms with Gasteiger partial charge < -0.3 is 14.4 Å². The van der Waals surface area contributed by atoms with Crippen LogP contribution in [0.25, 0.3) is 22.2 Å². The van der Waals surface area contributed by atoms with Crippen LogP contribution >= 0.6 is 0 Å². The molecule has 0 atom stereocenters. The summed E-state index contributed by atoms with van der Waals surface area (Å²) in [6.45, 7) is 5.06. The average Bonchev–Trinajstić information content (AvgIpc) is 2.99. The number of nitrogens with zero attached hydrogens (tertiary/aromatic N) is 2. The van der Waals surface area contributed by atoms with Crippen LogP contribution in [0.4, 0.5) is 0 Å². The fourth-order valence-electron chi connectivity index (χ4n) is 3.09. The third-order valence-electron chi connectivity index (χ3n) is 4.13. The fraction of sp³-hybridized carbons (Fsp3) is 0.389. The molecule has 0 aliphatic rings. The molecule has 22 heavy (non-hydrogen) atoms. The van der Waals surface area contributed by atoms with E-state index in [1.54, 1.807) is 0 Å². The molecule has 0 saturated heterocycles. The van der Waals surface area contributed by atoms with Gasteiger partial charge in [-0.05, 0) is 59.0 Å². The summed E-state index contributed by atoms with van der Waals surface area (Å²) in [6, 6.07) is 8.49. The van der Waals surface area contributed by atoms with E-state index in [0.29, 0.717) is 0 Å². The Balaban J connectivity index is 2.09. The number of fused-ring (bicyclic) bond motifs is 1. The maximum Gasteiger partial charge on any atom is 0.143 e. The number of H-pyrrole nitrogens is 1. The van der Waals surface area contributed by atoms with E-state index in [4.69, 9.17) is 4.52 Å². The van der Waals surface area contributed by atoms with Crippen molar-refractivity contribution in [3.8, 4) is 11.3 Å². The van der Waals surface area contributed by atoms with Crippen LogP contribution < -0.4 is 0 Å². The van der Waals surface area contributed by atoms with E-state index in [1.165, 1.54) is 16.5 Å². The summed E-state index contributed by atoms with van der Waals surface area (Å²) in [5.41, 5.74) is 5.76. The van der Waals surface area contributed by atoms with E-state index in [-0.39, 0.29) is 0 Å². The molecule has 4 heteroatoms. The third kappa shape index (κ3) is 2.66. The first kappa shape index (κ1) is 14.9. The minimum Gasteiger partial charge on any atom is -0.361 e. The highest BCUT2D eigenvalue weighted by Crippen LogP contribution is 2.34. The van der Waals surface area contributed by atoms with Crippen molar-refractivity contribution in [2.24, 2.45) is 0 Å². The number of hydrogen-bond donors (Lipinski definition) is 1. The average molecular weight is 297 g/mol. The lowest BCUT2D eigenvalue weighted by molar-refractivity contribution is 0.393. The van der Waals surface area contributed by atoms with E-state index in [2.05, 4.69) is 53.4 Å². The van der Waals surface area contributed by atoms with Crippen molar-refractivity contribution in [2.45, 2.75) is 26.7 Å². The number of aryl methyl sites for hydroxylation is 3. The van der Waals surface area contributed by atoms with Gasteiger partial charge in [0.2, 0.25) is 0 Å². The van der Waals surface area contributed by atoms with E-state index >= 15 is 0 Å². The van der Waals surface area contributed by atoms with Crippen LogP contribution in [0, 0.1) is 13.8 Å². The maximum absolute atomic E-state index is 5.37. The second-order valence-corrected chi connectivity index (χ2v) is 6.13. The molecule has 3 rings (SSSR count). The van der Waals surface area contributed by atoms with Crippen LogP contribution in [0.5, 0.6) is 0 Å². The second kappa shape index (κ2) is 5.97. The molecule has 0 saturated carbocycles. The Bertz CT molecular complexity index is 763. The first-order valence-electron chi connectivity index (χ1n) is 7.75. The number of benzene rings is 1. The Kier molecular flexibility index (Phi) is 4.03. The second-order valence-electron chi connectivity index (χ2n) is 6.13. The lowest BCUT2D eigenvalue weighted by atomic mass is 10.00. The normalized spacial score (nSPS) is 11.7. The molecule has 0 radical (unpaired) electrons. The fourth-order valence-corrected chi connectivity index (χ4v) is 3.09. The Hall–Kier alpha value is -2.07. The van der Waals surface area contributed by atoms with E-state index in [0.717, 1.165) is 42.1 Å². The summed E-state index contributed by atoms with van der Waals surface area (Å²) in [6.07, 6.45) is 2.17. The minimum atomic E-state index is 0.873. The van der Waals surface area contributed by atoms with Gasteiger partial charge in [0.1, 0.15) is 5.76 Å². The molecule has 2 aromatic heterocycles. The summed E-state index contributed by atoms with van der Waals surface area (Å²) in [7, 11) is 4.23. The Morgan fingerprint density at radius 1 is 1.18 bits per heavy atom. The molecule has 116 valence electrons. The highest BCUT2D eigenvalue weighted by atomic mass is 16.5. The molecule has 3 aromatic rings. The Morgan fingerprint density at radius 3 is 2.64 bits per heavy atom. The summed E-state index contributed by atoms with van der Waals surface area (Å²) >= 11 is 0. The zero-order chi connectivity index (χ0) is 15.7. The van der Waals surface area contributed by atoms with Gasteiger partial charge >= 0.3 is 0 Å². The van der Waals surface area contributed by atoms with Gasteiger partial charge in [0.15, 0.2) is 0 Å². The molecule has 2 heterocycles. The van der Waals surface area contributed by atoms with Crippen LogP contribution in [0.2, 0.25) is 0 Å². The van der Waals surface area contributed by atoms with Gasteiger partial charge in [-0.1, -0.05) is 23.4 Å². The molecule has 0 aliphatic heterocycles. The summed E-state index contributed by atoms with van der Waals surface area (Å²) in [5, 5.41) is 5.41. The van der Waals surface area contributed by atoms with Gasteiger partial charge in [0, 0.05) is 10.9 Å². The van der Waals surface area contributed by atoms with Crippen LogP contribution in [0.1, 0.15) is 23.4 Å². The van der Waals surface area contributed by atoms with E-state index in [1.807, 2.05) is 13.8 Å². The topological polar surface area (TPSA) is 45.1 Å². The van der Waals surface area contributed by atoms with Gasteiger partial charge in [0.05, 0.1) is 17.0 Å². The Labute approximate surface area is 131 Å². The molecule has 0 amide bonds. The molecule has 0 unspecified atom stereocenters. The van der Waals surface area contributed by atoms with Crippen molar-refractivity contribution in [3.05, 3.63) is 41.3 Å². The molecule has 4 nitrogen and oxygen atoms in total. The molecule has 0 fully saturated rings. The molecular weight excluding hydrogens is 274 g/mol. The first-order valence-corrected chi connectivity index (χ1v) is 7.75. The number of rotatable bonds is 5. The predicted molar refractivity (Wildman–Crippen MR) is 90.1 cm³/mol. The largest absolute Gasteiger partial charge is 0.361 e. The Morgan fingerprint density at radius 2 is 1.95 bits per heavy atom. The lowest BCUT2D eigenvalue weighted by Crippen LogP contribution is -2.13. The molecule has 1 N–H and O–H groups in total. The third-order valence-corrected chi connectivity index (χ3v) is 4.13. The molecule has 0 spiro atoms. The zero-order valence-electron chi connectivity index (χ0n) is 13.7. The van der Waals surface area contributed by atoms with Crippen molar-refractivity contribution in [2.75, 3.05) is 20.6 Å². The van der Waals surface area contributed by atoms with Gasteiger partial charge in [-0.15, -0.1) is 0 Å². The number of nitrogens with one attached hydrogen (secondary N) is 1. The van der Waals surface area contributed by atoms with Crippen molar-refractivity contribution in [1.29, 1.82) is 0 Å². The monoisotopic (exact) mass is 297 g/mol. The lowest BCUT2D eigenvalue weighted by Gasteiger charge is -2.10. The van der Waals surface area contributed by atoms with Crippen LogP contribution in [0.3, 0.4) is 0 Å². The van der Waals surface area contributed by atoms with Gasteiger partial charge in [0.25, 0.3) is 0 Å². The molecule has 1 aromatic carbocycles. The SMILES string of the molecule is Cc1noc(C)c1-c1[nH]c2ccccc2c1CCCN(C)C. The summed E-state index contributed by atoms with van der Waals surface area (Å²) < 4.78 is 5.37. The standard InChI is InChI=1S/C18H23N3O/c1-12-17(13(2)22-20-12)18-15(9-7-11-21(3)4)14-8-5-6-10-16(14)19-18/h5-6,8,10,19H,7,9,11H2,1-4H3. The number of para-hydroxylation sites is 1. The smallest absolute Gasteiger partial charge is 0.143 e. The van der Waals surface area contributed by atoms with Gasteiger partial charge in [-0.3, -0.25) is 0 Å². The van der Waals surface area contributed by atoms with Crippen molar-refractivity contribution in [1.82, 2.24) is 15.0 Å². The van der Waals surface area contributed by atoms with E-state index in [9.17, 15) is 0 Å². The minimum absolute atomic E-state index is 0.873. The van der Waals surface area contributed by atoms with Crippen LogP contribution in [-0.2, 0) is 6.42 Å². The van der Waals surface area contributed by atoms with Crippen molar-refractivity contribution in [3.63, 3.8) is 0 Å². The zero-order valence-corrected chi connectivity index (χ0v) is 13.7. The van der Waals surface area contributed by atoms with Crippen molar-refractivity contribution >= 4 is 10.9 Å². The number of aromatic nitrogens is 2. The summed E-state index contributed by atoms with van der Waals surface area (Å²) in [4.78, 5) is 5.80. The number of aromatic amines is 1. The molecular formula is C18H23N3O. The maximum atomic E-state index is 5.37. The highest BCUT2D eigenvalue weighted by Gasteiger charge is 2.19. The van der Waals surface area contributed by atoms with Crippen LogP contribution in [0.15, 0.2) is 28.8 Å². The predicted octanol–water partition coefficient (Wildman–Crippen LogP) is 3.93. The first-order chi connectivity index (χ1) is 10.6. The quantitative estimate of drug-likeness (QED) is 0.776. The van der Waals surface area contributed by atoms with Crippen molar-refractivity contribution < 1.29 is 4.52 Å². The van der Waals surface area contributed by atoms with E-state index < -0.39 is 0 Å².